The second-order valence-corrected chi connectivity index (χ2v) is 9.53. The molecule has 3 N–H and O–H groups in total. The van der Waals surface area contributed by atoms with Crippen LogP contribution in [0.5, 0.6) is 5.75 Å². The van der Waals surface area contributed by atoms with Gasteiger partial charge in [-0.25, -0.2) is 0 Å². The van der Waals surface area contributed by atoms with Gasteiger partial charge in [-0.05, 0) is 74.8 Å². The maximum absolute atomic E-state index is 12.8. The van der Waals surface area contributed by atoms with Gasteiger partial charge >= 0.3 is 0 Å². The Morgan fingerprint density at radius 1 is 1.06 bits per heavy atom. The van der Waals surface area contributed by atoms with E-state index in [1.807, 2.05) is 36.4 Å². The number of nitrogens with one attached hydrogen (secondary N) is 2. The number of rotatable bonds is 8. The molecule has 0 aliphatic heterocycles. The summed E-state index contributed by atoms with van der Waals surface area (Å²) in [5, 5.41) is 17.5. The molecular weight excluding hydrogens is 414 g/mol. The third-order valence-electron chi connectivity index (χ3n) is 6.99. The first-order chi connectivity index (χ1) is 16.1. The highest BCUT2D eigenvalue weighted by atomic mass is 16.5. The van der Waals surface area contributed by atoms with E-state index in [1.54, 1.807) is 0 Å². The first kappa shape index (κ1) is 22.0. The Kier molecular flexibility index (Phi) is 6.38. The van der Waals surface area contributed by atoms with Crippen molar-refractivity contribution >= 4 is 22.5 Å². The van der Waals surface area contributed by atoms with Gasteiger partial charge in [-0.15, -0.1) is 0 Å². The van der Waals surface area contributed by atoms with Crippen LogP contribution in [0.3, 0.4) is 0 Å². The van der Waals surface area contributed by atoms with Gasteiger partial charge in [0, 0.05) is 36.3 Å². The van der Waals surface area contributed by atoms with Gasteiger partial charge in [-0.2, -0.15) is 0 Å². The molecule has 1 heterocycles. The van der Waals surface area contributed by atoms with Crippen LogP contribution in [0, 0.1) is 5.92 Å². The molecule has 33 heavy (non-hydrogen) atoms. The largest absolute Gasteiger partial charge is 0.490 e. The average molecular weight is 448 g/mol. The molecule has 1 aromatic heterocycles. The number of hydrogen-bond acceptors (Lipinski definition) is 4. The Labute approximate surface area is 194 Å². The molecule has 1 amide bonds. The van der Waals surface area contributed by atoms with Crippen molar-refractivity contribution in [3.63, 3.8) is 0 Å². The molecule has 174 valence electrons. The number of aryl methyl sites for hydroxylation is 1. The summed E-state index contributed by atoms with van der Waals surface area (Å²) in [4.78, 5) is 12.8. The van der Waals surface area contributed by atoms with Crippen LogP contribution in [0.2, 0.25) is 0 Å². The number of ether oxygens (including phenoxy) is 1. The van der Waals surface area contributed by atoms with E-state index in [0.717, 1.165) is 48.9 Å². The first-order valence-electron chi connectivity index (χ1n) is 12.1. The monoisotopic (exact) mass is 447 g/mol. The molecular formula is C27H33N3O3. The van der Waals surface area contributed by atoms with Crippen LogP contribution in [0.15, 0.2) is 48.5 Å². The molecule has 0 bridgehead atoms. The summed E-state index contributed by atoms with van der Waals surface area (Å²) in [7, 11) is 2.08. The van der Waals surface area contributed by atoms with Gasteiger partial charge < -0.3 is 25.0 Å². The maximum atomic E-state index is 12.8. The van der Waals surface area contributed by atoms with Crippen molar-refractivity contribution in [2.45, 2.75) is 57.2 Å². The minimum absolute atomic E-state index is 0.136. The van der Waals surface area contributed by atoms with Crippen molar-refractivity contribution in [2.75, 3.05) is 11.9 Å². The number of aliphatic hydroxyl groups is 1. The highest BCUT2D eigenvalue weighted by Crippen LogP contribution is 2.38. The fourth-order valence-electron chi connectivity index (χ4n) is 4.66. The summed E-state index contributed by atoms with van der Waals surface area (Å²) in [6.45, 7) is 1.44. The third kappa shape index (κ3) is 5.07. The molecule has 2 aromatic carbocycles. The van der Waals surface area contributed by atoms with Gasteiger partial charge in [0.25, 0.3) is 5.91 Å². The molecule has 2 aliphatic carbocycles. The highest BCUT2D eigenvalue weighted by molar-refractivity contribution is 6.07. The lowest BCUT2D eigenvalue weighted by molar-refractivity contribution is 0.102. The number of fused-ring (bicyclic) bond motifs is 1. The number of hydrogen-bond donors (Lipinski definition) is 3. The molecule has 6 heteroatoms. The summed E-state index contributed by atoms with van der Waals surface area (Å²) in [5.74, 6) is 1.24. The summed E-state index contributed by atoms with van der Waals surface area (Å²) < 4.78 is 8.51. The van der Waals surface area contributed by atoms with Crippen molar-refractivity contribution in [1.29, 1.82) is 0 Å². The number of amides is 1. The smallest absolute Gasteiger partial charge is 0.255 e. The number of anilines is 1. The zero-order chi connectivity index (χ0) is 22.8. The van der Waals surface area contributed by atoms with Crippen LogP contribution < -0.4 is 15.4 Å². The van der Waals surface area contributed by atoms with Crippen LogP contribution in [0.4, 0.5) is 5.69 Å². The van der Waals surface area contributed by atoms with E-state index in [4.69, 9.17) is 4.74 Å². The Morgan fingerprint density at radius 2 is 1.82 bits per heavy atom. The van der Waals surface area contributed by atoms with E-state index in [1.165, 1.54) is 18.5 Å². The van der Waals surface area contributed by atoms with Crippen molar-refractivity contribution < 1.29 is 14.6 Å². The minimum Gasteiger partial charge on any atom is -0.490 e. The van der Waals surface area contributed by atoms with Gasteiger partial charge in [0.1, 0.15) is 0 Å². The first-order valence-corrected chi connectivity index (χ1v) is 12.1. The van der Waals surface area contributed by atoms with Crippen molar-refractivity contribution in [3.05, 3.63) is 59.8 Å². The van der Waals surface area contributed by atoms with Crippen molar-refractivity contribution in [2.24, 2.45) is 13.0 Å². The van der Waals surface area contributed by atoms with Gasteiger partial charge in [-0.1, -0.05) is 18.2 Å². The van der Waals surface area contributed by atoms with Crippen LogP contribution in [0.25, 0.3) is 10.9 Å². The lowest BCUT2D eigenvalue weighted by Crippen LogP contribution is -2.34. The van der Waals surface area contributed by atoms with Crippen LogP contribution >= 0.6 is 0 Å². The Hall–Kier alpha value is -2.83. The van der Waals surface area contributed by atoms with Crippen molar-refractivity contribution in [1.82, 2.24) is 9.88 Å². The van der Waals surface area contributed by atoms with E-state index in [-0.39, 0.29) is 12.0 Å². The van der Waals surface area contributed by atoms with Crippen LogP contribution in [0.1, 0.15) is 54.6 Å². The summed E-state index contributed by atoms with van der Waals surface area (Å²) in [6.07, 6.45) is 6.04. The number of aromatic nitrogens is 1. The predicted octanol–water partition coefficient (Wildman–Crippen LogP) is 4.61. The van der Waals surface area contributed by atoms with Crippen molar-refractivity contribution in [3.8, 4) is 5.75 Å². The van der Waals surface area contributed by atoms with E-state index >= 15 is 0 Å². The Balaban J connectivity index is 1.40. The van der Waals surface area contributed by atoms with E-state index < -0.39 is 0 Å². The lowest BCUT2D eigenvalue weighted by Gasteiger charge is -2.26. The second kappa shape index (κ2) is 9.57. The van der Waals surface area contributed by atoms with E-state index in [9.17, 15) is 9.90 Å². The molecule has 0 radical (unpaired) electrons. The molecule has 2 aliphatic rings. The Morgan fingerprint density at radius 3 is 2.55 bits per heavy atom. The predicted molar refractivity (Wildman–Crippen MR) is 131 cm³/mol. The zero-order valence-electron chi connectivity index (χ0n) is 19.2. The van der Waals surface area contributed by atoms with Gasteiger partial charge in [0.2, 0.25) is 0 Å². The number of carbonyl (C=O) groups is 1. The fourth-order valence-corrected chi connectivity index (χ4v) is 4.66. The third-order valence-corrected chi connectivity index (χ3v) is 6.99. The maximum Gasteiger partial charge on any atom is 0.255 e. The quantitative estimate of drug-likeness (QED) is 0.471. The fraction of sp³-hybridized carbons (Fsp3) is 0.444. The normalized spacial score (nSPS) is 20.7. The molecule has 6 nitrogen and oxygen atoms in total. The highest BCUT2D eigenvalue weighted by Gasteiger charge is 2.24. The van der Waals surface area contributed by atoms with Crippen LogP contribution in [-0.4, -0.2) is 34.3 Å². The number of aliphatic hydroxyl groups excluding tert-OH is 1. The summed E-state index contributed by atoms with van der Waals surface area (Å²) >= 11 is 0. The minimum atomic E-state index is -0.142. The second-order valence-electron chi connectivity index (χ2n) is 9.53. The van der Waals surface area contributed by atoms with Gasteiger partial charge in [0.05, 0.1) is 23.9 Å². The Bertz CT molecular complexity index is 1110. The van der Waals surface area contributed by atoms with E-state index in [0.29, 0.717) is 29.8 Å². The standard InChI is InChI=1S/C27H33N3O3/c1-30-21(16-28-20-9-11-22(31)12-10-20)15-23-25(30)14-13-24(26(23)33-17-18-7-8-18)29-27(32)19-5-3-2-4-6-19/h2-6,13-15,18,20,22,28,31H,7-12,16-17H2,1H3,(H,29,32). The SMILES string of the molecule is Cn1c(CNC2CCC(O)CC2)cc2c(OCC3CC3)c(NC(=O)c3ccccc3)ccc21. The number of nitrogens with zero attached hydrogens (tertiary/aromatic N) is 1. The average Bonchev–Trinajstić information content (AvgIpc) is 3.61. The molecule has 3 aromatic rings. The number of carbonyl (C=O) groups excluding carboxylic acids is 1. The molecule has 0 atom stereocenters. The summed E-state index contributed by atoms with van der Waals surface area (Å²) in [6, 6.07) is 15.9. The summed E-state index contributed by atoms with van der Waals surface area (Å²) in [5.41, 5.74) is 3.61. The molecule has 0 unspecified atom stereocenters. The molecule has 0 saturated heterocycles. The number of benzene rings is 2. The lowest BCUT2D eigenvalue weighted by atomic mass is 9.93. The molecule has 2 saturated carbocycles. The van der Waals surface area contributed by atoms with Gasteiger partial charge in [0.15, 0.2) is 5.75 Å². The van der Waals surface area contributed by atoms with E-state index in [2.05, 4.69) is 34.4 Å². The van der Waals surface area contributed by atoms with Crippen LogP contribution in [-0.2, 0) is 13.6 Å². The topological polar surface area (TPSA) is 75.5 Å². The molecule has 5 rings (SSSR count). The molecule has 0 spiro atoms. The zero-order valence-corrected chi connectivity index (χ0v) is 19.2. The van der Waals surface area contributed by atoms with Gasteiger partial charge in [-0.3, -0.25) is 4.79 Å². The molecule has 2 fully saturated rings.